The molecule has 1 saturated heterocycles. The highest BCUT2D eigenvalue weighted by atomic mass is 16.7. The number of rotatable bonds is 25. The van der Waals surface area contributed by atoms with Gasteiger partial charge in [-0.05, 0) is 44.3 Å². The first-order chi connectivity index (χ1) is 19.2. The summed E-state index contributed by atoms with van der Waals surface area (Å²) in [6, 6.07) is 10.9. The van der Waals surface area contributed by atoms with Crippen molar-refractivity contribution < 1.29 is 9.47 Å². The number of benzene rings is 1. The lowest BCUT2D eigenvalue weighted by atomic mass is 9.73. The Kier molecular flexibility index (Phi) is 20.0. The van der Waals surface area contributed by atoms with Crippen LogP contribution in [0.4, 0.5) is 0 Å². The molecule has 39 heavy (non-hydrogen) atoms. The Balaban J connectivity index is 1.68. The van der Waals surface area contributed by atoms with Crippen molar-refractivity contribution in [2.45, 2.75) is 148 Å². The van der Waals surface area contributed by atoms with Gasteiger partial charge in [-0.3, -0.25) is 0 Å². The molecule has 0 spiro atoms. The Morgan fingerprint density at radius 1 is 0.692 bits per heavy atom. The van der Waals surface area contributed by atoms with Crippen LogP contribution in [0, 0.1) is 0 Å². The minimum atomic E-state index is -0.0607. The molecule has 0 aliphatic carbocycles. The van der Waals surface area contributed by atoms with Crippen molar-refractivity contribution in [1.82, 2.24) is 4.90 Å². The summed E-state index contributed by atoms with van der Waals surface area (Å²) in [4.78, 5) is 2.60. The smallest absolute Gasteiger partial charge is 0.158 e. The van der Waals surface area contributed by atoms with Crippen molar-refractivity contribution in [3.8, 4) is 0 Å². The highest BCUT2D eigenvalue weighted by Crippen LogP contribution is 2.34. The predicted octanol–water partition coefficient (Wildman–Crippen LogP) is 9.01. The molecule has 0 bridgehead atoms. The van der Waals surface area contributed by atoms with Crippen molar-refractivity contribution in [1.29, 1.82) is 0 Å². The van der Waals surface area contributed by atoms with Crippen LogP contribution in [0.3, 0.4) is 0 Å². The summed E-state index contributed by atoms with van der Waals surface area (Å²) in [7, 11) is 0. The third-order valence-electron chi connectivity index (χ3n) is 8.87. The number of nitrogens with zero attached hydrogens (tertiary/aromatic N) is 1. The molecule has 1 fully saturated rings. The predicted molar refractivity (Wildman–Crippen MR) is 168 cm³/mol. The molecule has 0 amide bonds. The zero-order valence-electron chi connectivity index (χ0n) is 26.0. The molecule has 4 heteroatoms. The van der Waals surface area contributed by atoms with Gasteiger partial charge >= 0.3 is 0 Å². The highest BCUT2D eigenvalue weighted by Gasteiger charge is 2.34. The average Bonchev–Trinajstić information content (AvgIpc) is 2.98. The summed E-state index contributed by atoms with van der Waals surface area (Å²) in [5, 5.41) is 0. The van der Waals surface area contributed by atoms with Gasteiger partial charge in [-0.25, -0.2) is 0 Å². The number of piperidine rings is 1. The van der Waals surface area contributed by atoms with E-state index in [1.54, 1.807) is 0 Å². The summed E-state index contributed by atoms with van der Waals surface area (Å²) < 4.78 is 12.6. The normalized spacial score (nSPS) is 15.8. The fourth-order valence-corrected chi connectivity index (χ4v) is 6.01. The molecule has 4 nitrogen and oxygen atoms in total. The molecule has 1 heterocycles. The van der Waals surface area contributed by atoms with Crippen LogP contribution in [0.15, 0.2) is 30.3 Å². The number of nitrogens with two attached hydrogens (primary N) is 1. The summed E-state index contributed by atoms with van der Waals surface area (Å²) in [5.74, 6) is 0. The van der Waals surface area contributed by atoms with Gasteiger partial charge in [0.2, 0.25) is 0 Å². The van der Waals surface area contributed by atoms with E-state index >= 15 is 0 Å². The molecule has 1 aliphatic rings. The van der Waals surface area contributed by atoms with Crippen molar-refractivity contribution in [3.63, 3.8) is 0 Å². The quantitative estimate of drug-likeness (QED) is 0.0985. The van der Waals surface area contributed by atoms with E-state index in [9.17, 15) is 0 Å². The van der Waals surface area contributed by atoms with Crippen LogP contribution >= 0.6 is 0 Å². The maximum Gasteiger partial charge on any atom is 0.158 e. The van der Waals surface area contributed by atoms with Gasteiger partial charge in [0.05, 0.1) is 0 Å². The lowest BCUT2D eigenvalue weighted by Crippen LogP contribution is -2.47. The van der Waals surface area contributed by atoms with E-state index in [1.807, 2.05) is 0 Å². The first kappa shape index (κ1) is 34.3. The second-order valence-electron chi connectivity index (χ2n) is 12.1. The van der Waals surface area contributed by atoms with Crippen LogP contribution in [0.1, 0.15) is 141 Å². The fourth-order valence-electron chi connectivity index (χ4n) is 6.01. The van der Waals surface area contributed by atoms with Crippen molar-refractivity contribution in [2.24, 2.45) is 5.73 Å². The third kappa shape index (κ3) is 15.0. The first-order valence-corrected chi connectivity index (χ1v) is 16.9. The number of hydrogen-bond acceptors (Lipinski definition) is 4. The molecule has 0 saturated carbocycles. The van der Waals surface area contributed by atoms with E-state index < -0.39 is 0 Å². The summed E-state index contributed by atoms with van der Waals surface area (Å²) in [5.41, 5.74) is 7.86. The minimum Gasteiger partial charge on any atom is -0.353 e. The maximum atomic E-state index is 6.32. The third-order valence-corrected chi connectivity index (χ3v) is 8.87. The van der Waals surface area contributed by atoms with Crippen molar-refractivity contribution in [3.05, 3.63) is 35.9 Å². The number of ether oxygens (including phenoxy) is 2. The van der Waals surface area contributed by atoms with E-state index in [-0.39, 0.29) is 11.7 Å². The molecule has 1 aromatic carbocycles. The Labute approximate surface area is 242 Å². The maximum absolute atomic E-state index is 6.32. The van der Waals surface area contributed by atoms with Gasteiger partial charge in [0.15, 0.2) is 6.29 Å². The second-order valence-corrected chi connectivity index (χ2v) is 12.1. The SMILES string of the molecule is CCCCCCCCCCOC(CCN1CCC(CN)(c2ccccc2)CC1)OCCCCCCCCCC. The second kappa shape index (κ2) is 22.7. The molecule has 0 aromatic heterocycles. The lowest BCUT2D eigenvalue weighted by molar-refractivity contribution is -0.149. The van der Waals surface area contributed by atoms with Gasteiger partial charge in [-0.1, -0.05) is 134 Å². The average molecular weight is 545 g/mol. The van der Waals surface area contributed by atoms with Crippen LogP contribution in [-0.4, -0.2) is 50.6 Å². The van der Waals surface area contributed by atoms with Crippen LogP contribution in [-0.2, 0) is 14.9 Å². The lowest BCUT2D eigenvalue weighted by Gasteiger charge is -2.42. The Hall–Kier alpha value is -0.940. The number of unbranched alkanes of at least 4 members (excludes halogenated alkanes) is 14. The van der Waals surface area contributed by atoms with Crippen LogP contribution < -0.4 is 5.73 Å². The Morgan fingerprint density at radius 3 is 1.62 bits per heavy atom. The molecule has 2 N–H and O–H groups in total. The van der Waals surface area contributed by atoms with E-state index in [4.69, 9.17) is 15.2 Å². The van der Waals surface area contributed by atoms with E-state index in [1.165, 1.54) is 95.5 Å². The van der Waals surface area contributed by atoms with Gasteiger partial charge in [-0.2, -0.15) is 0 Å². The number of likely N-dealkylation sites (tertiary alicyclic amines) is 1. The van der Waals surface area contributed by atoms with Gasteiger partial charge < -0.3 is 20.1 Å². The van der Waals surface area contributed by atoms with Crippen LogP contribution in [0.5, 0.6) is 0 Å². The Bertz CT molecular complexity index is 638. The molecule has 1 aromatic rings. The molecular formula is C35H64N2O2. The minimum absolute atomic E-state index is 0.0607. The summed E-state index contributed by atoms with van der Waals surface area (Å²) in [6.07, 6.45) is 24.5. The van der Waals surface area contributed by atoms with Gasteiger partial charge in [-0.15, -0.1) is 0 Å². The van der Waals surface area contributed by atoms with Crippen LogP contribution in [0.2, 0.25) is 0 Å². The molecule has 0 radical (unpaired) electrons. The van der Waals surface area contributed by atoms with E-state index in [0.29, 0.717) is 0 Å². The monoisotopic (exact) mass is 544 g/mol. The fraction of sp³-hybridized carbons (Fsp3) is 0.829. The molecular weight excluding hydrogens is 480 g/mol. The van der Waals surface area contributed by atoms with Gasteiger partial charge in [0.1, 0.15) is 0 Å². The van der Waals surface area contributed by atoms with Crippen LogP contribution in [0.25, 0.3) is 0 Å². The van der Waals surface area contributed by atoms with Gasteiger partial charge in [0.25, 0.3) is 0 Å². The van der Waals surface area contributed by atoms with E-state index in [0.717, 1.165) is 71.5 Å². The van der Waals surface area contributed by atoms with Crippen molar-refractivity contribution >= 4 is 0 Å². The largest absolute Gasteiger partial charge is 0.353 e. The van der Waals surface area contributed by atoms with Gasteiger partial charge in [0, 0.05) is 38.1 Å². The first-order valence-electron chi connectivity index (χ1n) is 16.9. The standard InChI is InChI=1S/C35H64N2O2/c1-3-5-7-9-11-13-15-20-30-38-34(39-31-21-16-14-12-10-8-6-4-2)24-27-37-28-25-35(32-36,26-29-37)33-22-18-17-19-23-33/h17-19,22-23,34H,3-16,20-21,24-32,36H2,1-2H3. The topological polar surface area (TPSA) is 47.7 Å². The zero-order chi connectivity index (χ0) is 27.9. The zero-order valence-corrected chi connectivity index (χ0v) is 26.0. The molecule has 1 aliphatic heterocycles. The molecule has 226 valence electrons. The van der Waals surface area contributed by atoms with Crippen molar-refractivity contribution in [2.75, 3.05) is 39.4 Å². The molecule has 2 rings (SSSR count). The molecule has 0 unspecified atom stereocenters. The summed E-state index contributed by atoms with van der Waals surface area (Å²) >= 11 is 0. The summed E-state index contributed by atoms with van der Waals surface area (Å²) in [6.45, 7) is 10.2. The Morgan fingerprint density at radius 2 is 1.15 bits per heavy atom. The highest BCUT2D eigenvalue weighted by molar-refractivity contribution is 5.26. The number of hydrogen-bond donors (Lipinski definition) is 1. The van der Waals surface area contributed by atoms with E-state index in [2.05, 4.69) is 49.1 Å². The molecule has 0 atom stereocenters.